The minimum atomic E-state index is 0.0622. The molecule has 1 atom stereocenters. The Kier molecular flexibility index (Phi) is 4.37. The molecule has 3 heteroatoms. The van der Waals surface area contributed by atoms with Crippen LogP contribution >= 0.6 is 0 Å². The molecule has 0 amide bonds. The average Bonchev–Trinajstić information content (AvgIpc) is 2.88. The van der Waals surface area contributed by atoms with Crippen LogP contribution in [0, 0.1) is 13.8 Å². The number of rotatable bonds is 5. The zero-order valence-corrected chi connectivity index (χ0v) is 11.2. The molecule has 0 radical (unpaired) electrons. The van der Waals surface area contributed by atoms with E-state index in [1.54, 1.807) is 0 Å². The molecular formula is C15H21NO2. The van der Waals surface area contributed by atoms with Crippen molar-refractivity contribution in [2.75, 3.05) is 13.2 Å². The van der Waals surface area contributed by atoms with Crippen LogP contribution in [0.15, 0.2) is 18.2 Å². The van der Waals surface area contributed by atoms with E-state index in [1.807, 2.05) is 19.1 Å². The quantitative estimate of drug-likeness (QED) is 0.868. The van der Waals surface area contributed by atoms with Gasteiger partial charge in [0.15, 0.2) is 5.78 Å². The van der Waals surface area contributed by atoms with Gasteiger partial charge in [-0.3, -0.25) is 4.79 Å². The molecule has 1 unspecified atom stereocenters. The van der Waals surface area contributed by atoms with Crippen LogP contribution < -0.4 is 10.1 Å². The SMILES string of the molecule is Cc1cccc(OCCC(=O)C2CCCN2)c1C. The van der Waals surface area contributed by atoms with Crippen molar-refractivity contribution in [3.8, 4) is 5.75 Å². The van der Waals surface area contributed by atoms with Crippen molar-refractivity contribution < 1.29 is 9.53 Å². The van der Waals surface area contributed by atoms with Crippen LogP contribution in [0.2, 0.25) is 0 Å². The minimum Gasteiger partial charge on any atom is -0.493 e. The molecule has 0 saturated carbocycles. The number of hydrogen-bond donors (Lipinski definition) is 1. The first kappa shape index (κ1) is 13.1. The number of Topliss-reactive ketones (excluding diaryl/α,β-unsaturated/α-hetero) is 1. The first-order valence-electron chi connectivity index (χ1n) is 6.63. The lowest BCUT2D eigenvalue weighted by molar-refractivity contribution is -0.121. The topological polar surface area (TPSA) is 38.3 Å². The van der Waals surface area contributed by atoms with E-state index in [0.717, 1.165) is 30.7 Å². The molecule has 0 aliphatic carbocycles. The Balaban J connectivity index is 1.81. The molecule has 1 fully saturated rings. The maximum absolute atomic E-state index is 11.8. The standard InChI is InChI=1S/C15H21NO2/c1-11-5-3-7-15(12(11)2)18-10-8-14(17)13-6-4-9-16-13/h3,5,7,13,16H,4,6,8-10H2,1-2H3. The summed E-state index contributed by atoms with van der Waals surface area (Å²) in [5, 5.41) is 3.22. The highest BCUT2D eigenvalue weighted by Gasteiger charge is 2.21. The number of hydrogen-bond acceptors (Lipinski definition) is 3. The molecule has 3 nitrogen and oxygen atoms in total. The number of nitrogens with one attached hydrogen (secondary N) is 1. The van der Waals surface area contributed by atoms with Crippen LogP contribution in [0.25, 0.3) is 0 Å². The normalized spacial score (nSPS) is 18.9. The fraction of sp³-hybridized carbons (Fsp3) is 0.533. The summed E-state index contributed by atoms with van der Waals surface area (Å²) in [4.78, 5) is 11.8. The Bertz CT molecular complexity index is 423. The third-order valence-electron chi connectivity index (χ3n) is 3.61. The van der Waals surface area contributed by atoms with Gasteiger partial charge in [0.25, 0.3) is 0 Å². The summed E-state index contributed by atoms with van der Waals surface area (Å²) < 4.78 is 5.70. The molecule has 1 N–H and O–H groups in total. The van der Waals surface area contributed by atoms with Crippen molar-refractivity contribution in [2.45, 2.75) is 39.2 Å². The highest BCUT2D eigenvalue weighted by Crippen LogP contribution is 2.20. The van der Waals surface area contributed by atoms with Crippen molar-refractivity contribution in [3.63, 3.8) is 0 Å². The Labute approximate surface area is 109 Å². The van der Waals surface area contributed by atoms with Gasteiger partial charge in [0, 0.05) is 6.42 Å². The van der Waals surface area contributed by atoms with Gasteiger partial charge in [-0.25, -0.2) is 0 Å². The Morgan fingerprint density at radius 2 is 2.28 bits per heavy atom. The van der Waals surface area contributed by atoms with Crippen molar-refractivity contribution in [1.82, 2.24) is 5.32 Å². The predicted octanol–water partition coefficient (Wildman–Crippen LogP) is 2.39. The van der Waals surface area contributed by atoms with Gasteiger partial charge in [-0.1, -0.05) is 12.1 Å². The van der Waals surface area contributed by atoms with Crippen molar-refractivity contribution in [1.29, 1.82) is 0 Å². The molecule has 98 valence electrons. The number of carbonyl (C=O) groups excluding carboxylic acids is 1. The molecular weight excluding hydrogens is 226 g/mol. The lowest BCUT2D eigenvalue weighted by atomic mass is 10.1. The highest BCUT2D eigenvalue weighted by molar-refractivity contribution is 5.84. The van der Waals surface area contributed by atoms with Gasteiger partial charge in [-0.15, -0.1) is 0 Å². The summed E-state index contributed by atoms with van der Waals surface area (Å²) in [5.41, 5.74) is 2.38. The highest BCUT2D eigenvalue weighted by atomic mass is 16.5. The molecule has 1 aliphatic heterocycles. The first-order valence-corrected chi connectivity index (χ1v) is 6.63. The van der Waals surface area contributed by atoms with Gasteiger partial charge >= 0.3 is 0 Å². The monoisotopic (exact) mass is 247 g/mol. The fourth-order valence-electron chi connectivity index (χ4n) is 2.28. The fourth-order valence-corrected chi connectivity index (χ4v) is 2.28. The summed E-state index contributed by atoms with van der Waals surface area (Å²) in [6.07, 6.45) is 2.57. The van der Waals surface area contributed by atoms with E-state index >= 15 is 0 Å². The zero-order valence-electron chi connectivity index (χ0n) is 11.2. The van der Waals surface area contributed by atoms with E-state index in [1.165, 1.54) is 5.56 Å². The molecule has 0 bridgehead atoms. The maximum atomic E-state index is 11.8. The van der Waals surface area contributed by atoms with Gasteiger partial charge in [0.2, 0.25) is 0 Å². The molecule has 0 spiro atoms. The third-order valence-corrected chi connectivity index (χ3v) is 3.61. The lowest BCUT2D eigenvalue weighted by Crippen LogP contribution is -2.31. The van der Waals surface area contributed by atoms with E-state index in [2.05, 4.69) is 18.3 Å². The molecule has 1 aromatic carbocycles. The largest absolute Gasteiger partial charge is 0.493 e. The van der Waals surface area contributed by atoms with Crippen LogP contribution in [0.5, 0.6) is 5.75 Å². The van der Waals surface area contributed by atoms with Crippen molar-refractivity contribution >= 4 is 5.78 Å². The van der Waals surface area contributed by atoms with Gasteiger partial charge in [0.05, 0.1) is 12.6 Å². The second-order valence-corrected chi connectivity index (χ2v) is 4.91. The molecule has 1 heterocycles. The van der Waals surface area contributed by atoms with Crippen molar-refractivity contribution in [2.24, 2.45) is 0 Å². The third kappa shape index (κ3) is 3.10. The summed E-state index contributed by atoms with van der Waals surface area (Å²) in [5.74, 6) is 1.17. The molecule has 1 aliphatic rings. The molecule has 2 rings (SSSR count). The molecule has 0 aromatic heterocycles. The maximum Gasteiger partial charge on any atom is 0.153 e. The van der Waals surface area contributed by atoms with E-state index in [4.69, 9.17) is 4.74 Å². The first-order chi connectivity index (χ1) is 8.68. The summed E-state index contributed by atoms with van der Waals surface area (Å²) in [7, 11) is 0. The molecule has 1 aromatic rings. The van der Waals surface area contributed by atoms with Crippen molar-refractivity contribution in [3.05, 3.63) is 29.3 Å². The summed E-state index contributed by atoms with van der Waals surface area (Å²) >= 11 is 0. The van der Waals surface area contributed by atoms with Gasteiger partial charge in [0.1, 0.15) is 5.75 Å². The van der Waals surface area contributed by atoms with E-state index in [9.17, 15) is 4.79 Å². The second kappa shape index (κ2) is 6.01. The van der Waals surface area contributed by atoms with Gasteiger partial charge in [-0.05, 0) is 50.4 Å². The predicted molar refractivity (Wildman–Crippen MR) is 72.1 cm³/mol. The molecule has 18 heavy (non-hydrogen) atoms. The van der Waals surface area contributed by atoms with Gasteiger partial charge < -0.3 is 10.1 Å². The zero-order chi connectivity index (χ0) is 13.0. The van der Waals surface area contributed by atoms with Crippen LogP contribution in [-0.4, -0.2) is 25.0 Å². The summed E-state index contributed by atoms with van der Waals surface area (Å²) in [6.45, 7) is 5.55. The average molecular weight is 247 g/mol. The van der Waals surface area contributed by atoms with Crippen LogP contribution in [0.1, 0.15) is 30.4 Å². The number of ketones is 1. The summed E-state index contributed by atoms with van der Waals surface area (Å²) in [6, 6.07) is 6.07. The number of ether oxygens (including phenoxy) is 1. The second-order valence-electron chi connectivity index (χ2n) is 4.91. The van der Waals surface area contributed by atoms with Crippen LogP contribution in [-0.2, 0) is 4.79 Å². The van der Waals surface area contributed by atoms with E-state index in [0.29, 0.717) is 13.0 Å². The Hall–Kier alpha value is -1.35. The number of benzene rings is 1. The Morgan fingerprint density at radius 1 is 1.44 bits per heavy atom. The minimum absolute atomic E-state index is 0.0622. The lowest BCUT2D eigenvalue weighted by Gasteiger charge is -2.12. The molecule has 1 saturated heterocycles. The van der Waals surface area contributed by atoms with Crippen LogP contribution in [0.4, 0.5) is 0 Å². The van der Waals surface area contributed by atoms with E-state index in [-0.39, 0.29) is 11.8 Å². The smallest absolute Gasteiger partial charge is 0.153 e. The Morgan fingerprint density at radius 3 is 3.00 bits per heavy atom. The van der Waals surface area contributed by atoms with Gasteiger partial charge in [-0.2, -0.15) is 0 Å². The van der Waals surface area contributed by atoms with E-state index < -0.39 is 0 Å². The van der Waals surface area contributed by atoms with Crippen LogP contribution in [0.3, 0.4) is 0 Å². The number of aryl methyl sites for hydroxylation is 1. The number of carbonyl (C=O) groups is 1.